The van der Waals surface area contributed by atoms with Gasteiger partial charge in [0.1, 0.15) is 5.01 Å². The number of esters is 1. The Morgan fingerprint density at radius 3 is 2.89 bits per heavy atom. The number of nitro groups is 1. The average molecular weight is 278 g/mol. The largest absolute Gasteiger partial charge is 0.461 e. The van der Waals surface area contributed by atoms with Gasteiger partial charge in [-0.2, -0.15) is 0 Å². The standard InChI is InChI=1S/C12H10N2O4S/c1-2-18-12(15)9-7-19-11(13-9)8-5-3-4-6-10(8)14(16)17/h3-7H,2H2,1H3. The summed E-state index contributed by atoms with van der Waals surface area (Å²) in [5.74, 6) is -0.524. The van der Waals surface area contributed by atoms with Crippen molar-refractivity contribution >= 4 is 23.0 Å². The zero-order valence-corrected chi connectivity index (χ0v) is 10.8. The first-order chi connectivity index (χ1) is 9.13. The van der Waals surface area contributed by atoms with Gasteiger partial charge in [0.25, 0.3) is 5.69 Å². The van der Waals surface area contributed by atoms with E-state index < -0.39 is 10.9 Å². The molecule has 0 fully saturated rings. The van der Waals surface area contributed by atoms with Gasteiger partial charge in [-0.3, -0.25) is 10.1 Å². The molecule has 98 valence electrons. The fraction of sp³-hybridized carbons (Fsp3) is 0.167. The van der Waals surface area contributed by atoms with E-state index in [9.17, 15) is 14.9 Å². The first kappa shape index (κ1) is 13.2. The number of ether oxygens (including phenoxy) is 1. The molecule has 0 aliphatic carbocycles. The summed E-state index contributed by atoms with van der Waals surface area (Å²) in [6.07, 6.45) is 0. The smallest absolute Gasteiger partial charge is 0.357 e. The summed E-state index contributed by atoms with van der Waals surface area (Å²) in [5, 5.41) is 12.9. The molecule has 0 radical (unpaired) electrons. The predicted octanol–water partition coefficient (Wildman–Crippen LogP) is 2.90. The van der Waals surface area contributed by atoms with Crippen molar-refractivity contribution in [2.24, 2.45) is 0 Å². The molecule has 6 nitrogen and oxygen atoms in total. The fourth-order valence-corrected chi connectivity index (χ4v) is 2.33. The Morgan fingerprint density at radius 2 is 2.21 bits per heavy atom. The van der Waals surface area contributed by atoms with Crippen LogP contribution in [0.15, 0.2) is 29.6 Å². The fourth-order valence-electron chi connectivity index (χ4n) is 1.51. The van der Waals surface area contributed by atoms with E-state index in [2.05, 4.69) is 4.98 Å². The van der Waals surface area contributed by atoms with Crippen molar-refractivity contribution in [3.63, 3.8) is 0 Å². The molecule has 0 saturated heterocycles. The van der Waals surface area contributed by atoms with Crippen molar-refractivity contribution < 1.29 is 14.5 Å². The number of hydrogen-bond donors (Lipinski definition) is 0. The second kappa shape index (κ2) is 5.57. The molecule has 1 aromatic carbocycles. The van der Waals surface area contributed by atoms with Gasteiger partial charge < -0.3 is 4.74 Å². The Labute approximate surface area is 112 Å². The van der Waals surface area contributed by atoms with E-state index in [0.717, 1.165) is 0 Å². The van der Waals surface area contributed by atoms with Gasteiger partial charge in [-0.15, -0.1) is 11.3 Å². The van der Waals surface area contributed by atoms with Crippen LogP contribution in [-0.4, -0.2) is 22.5 Å². The number of rotatable bonds is 4. The zero-order chi connectivity index (χ0) is 13.8. The minimum Gasteiger partial charge on any atom is -0.461 e. The molecule has 2 rings (SSSR count). The lowest BCUT2D eigenvalue weighted by atomic mass is 10.2. The van der Waals surface area contributed by atoms with Gasteiger partial charge in [0.2, 0.25) is 0 Å². The van der Waals surface area contributed by atoms with E-state index >= 15 is 0 Å². The molecule has 0 spiro atoms. The minimum atomic E-state index is -0.524. The lowest BCUT2D eigenvalue weighted by molar-refractivity contribution is -0.384. The summed E-state index contributed by atoms with van der Waals surface area (Å²) < 4.78 is 4.83. The summed E-state index contributed by atoms with van der Waals surface area (Å²) in [7, 11) is 0. The number of benzene rings is 1. The molecule has 19 heavy (non-hydrogen) atoms. The highest BCUT2D eigenvalue weighted by Gasteiger charge is 2.19. The van der Waals surface area contributed by atoms with Crippen molar-refractivity contribution in [2.75, 3.05) is 6.61 Å². The molecule has 0 aliphatic rings. The third-order valence-electron chi connectivity index (χ3n) is 2.32. The highest BCUT2D eigenvalue weighted by Crippen LogP contribution is 2.31. The van der Waals surface area contributed by atoms with Crippen molar-refractivity contribution in [3.05, 3.63) is 45.5 Å². The summed E-state index contributed by atoms with van der Waals surface area (Å²) in [4.78, 5) is 26.0. The molecule has 0 amide bonds. The lowest BCUT2D eigenvalue weighted by Gasteiger charge is -1.98. The van der Waals surface area contributed by atoms with Crippen molar-refractivity contribution in [3.8, 4) is 10.6 Å². The van der Waals surface area contributed by atoms with Gasteiger partial charge in [-0.1, -0.05) is 12.1 Å². The highest BCUT2D eigenvalue weighted by molar-refractivity contribution is 7.13. The Bertz CT molecular complexity index is 624. The molecule has 0 unspecified atom stereocenters. The lowest BCUT2D eigenvalue weighted by Crippen LogP contribution is -2.04. The van der Waals surface area contributed by atoms with E-state index in [4.69, 9.17) is 4.74 Å². The maximum atomic E-state index is 11.5. The van der Waals surface area contributed by atoms with Crippen molar-refractivity contribution in [2.45, 2.75) is 6.92 Å². The molecule has 1 heterocycles. The number of nitrogens with zero attached hydrogens (tertiary/aromatic N) is 2. The van der Waals surface area contributed by atoms with Crippen molar-refractivity contribution in [1.29, 1.82) is 0 Å². The molecule has 0 bridgehead atoms. The number of carbonyl (C=O) groups excluding carboxylic acids is 1. The van der Waals surface area contributed by atoms with E-state index in [1.54, 1.807) is 25.1 Å². The minimum absolute atomic E-state index is 0.0349. The Kier molecular flexibility index (Phi) is 3.86. The summed E-state index contributed by atoms with van der Waals surface area (Å²) in [5.41, 5.74) is 0.528. The first-order valence-electron chi connectivity index (χ1n) is 5.50. The van der Waals surface area contributed by atoms with Crippen LogP contribution in [0.3, 0.4) is 0 Å². The molecule has 7 heteroatoms. The number of nitro benzene ring substituents is 1. The number of carbonyl (C=O) groups is 1. The van der Waals surface area contributed by atoms with Gasteiger partial charge in [-0.25, -0.2) is 9.78 Å². The maximum Gasteiger partial charge on any atom is 0.357 e. The topological polar surface area (TPSA) is 82.3 Å². The normalized spacial score (nSPS) is 10.2. The van der Waals surface area contributed by atoms with Crippen molar-refractivity contribution in [1.82, 2.24) is 4.98 Å². The van der Waals surface area contributed by atoms with E-state index in [1.165, 1.54) is 22.8 Å². The molecule has 0 atom stereocenters. The van der Waals surface area contributed by atoms with Gasteiger partial charge in [-0.05, 0) is 13.0 Å². The average Bonchev–Trinajstić information content (AvgIpc) is 2.88. The third-order valence-corrected chi connectivity index (χ3v) is 3.20. The molecule has 0 aliphatic heterocycles. The maximum absolute atomic E-state index is 11.5. The van der Waals surface area contributed by atoms with Crippen LogP contribution in [0.5, 0.6) is 0 Å². The van der Waals surface area contributed by atoms with Gasteiger partial charge in [0.15, 0.2) is 5.69 Å². The Hall–Kier alpha value is -2.28. The Morgan fingerprint density at radius 1 is 1.47 bits per heavy atom. The van der Waals surface area contributed by atoms with E-state index in [0.29, 0.717) is 10.6 Å². The molecular formula is C12H10N2O4S. The number of hydrogen-bond acceptors (Lipinski definition) is 6. The summed E-state index contributed by atoms with van der Waals surface area (Å²) in [6.45, 7) is 1.96. The third kappa shape index (κ3) is 2.76. The first-order valence-corrected chi connectivity index (χ1v) is 6.38. The number of para-hydroxylation sites is 1. The van der Waals surface area contributed by atoms with Crippen LogP contribution in [0, 0.1) is 10.1 Å². The zero-order valence-electron chi connectivity index (χ0n) is 10.0. The SMILES string of the molecule is CCOC(=O)c1csc(-c2ccccc2[N+](=O)[O-])n1. The molecule has 0 saturated carbocycles. The van der Waals surface area contributed by atoms with Crippen LogP contribution in [0.4, 0.5) is 5.69 Å². The second-order valence-corrected chi connectivity index (χ2v) is 4.39. The Balaban J connectivity index is 2.38. The van der Waals surface area contributed by atoms with E-state index in [-0.39, 0.29) is 18.0 Å². The highest BCUT2D eigenvalue weighted by atomic mass is 32.1. The molecule has 0 N–H and O–H groups in total. The second-order valence-electron chi connectivity index (χ2n) is 3.53. The van der Waals surface area contributed by atoms with Crippen LogP contribution in [0.1, 0.15) is 17.4 Å². The van der Waals surface area contributed by atoms with Crippen LogP contribution in [0.2, 0.25) is 0 Å². The summed E-state index contributed by atoms with van der Waals surface area (Å²) >= 11 is 1.17. The van der Waals surface area contributed by atoms with Crippen LogP contribution >= 0.6 is 11.3 Å². The molecule has 2 aromatic rings. The summed E-state index contributed by atoms with van der Waals surface area (Å²) in [6, 6.07) is 6.28. The van der Waals surface area contributed by atoms with Gasteiger partial charge in [0.05, 0.1) is 17.1 Å². The van der Waals surface area contributed by atoms with Gasteiger partial charge in [0, 0.05) is 11.4 Å². The number of thiazole rings is 1. The van der Waals surface area contributed by atoms with Crippen LogP contribution in [0.25, 0.3) is 10.6 Å². The monoisotopic (exact) mass is 278 g/mol. The predicted molar refractivity (Wildman–Crippen MR) is 70.2 cm³/mol. The van der Waals surface area contributed by atoms with Crippen LogP contribution < -0.4 is 0 Å². The molecule has 1 aromatic heterocycles. The number of aromatic nitrogens is 1. The van der Waals surface area contributed by atoms with E-state index in [1.807, 2.05) is 0 Å². The van der Waals surface area contributed by atoms with Gasteiger partial charge >= 0.3 is 5.97 Å². The quantitative estimate of drug-likeness (QED) is 0.488. The van der Waals surface area contributed by atoms with Crippen LogP contribution in [-0.2, 0) is 4.74 Å². The molecular weight excluding hydrogens is 268 g/mol.